The third-order valence-corrected chi connectivity index (χ3v) is 36.2. The molecule has 44 valence electrons. The van der Waals surface area contributed by atoms with Gasteiger partial charge in [-0.2, -0.15) is 22.2 Å². The number of rotatable bonds is 3. The van der Waals surface area contributed by atoms with Gasteiger partial charge < -0.3 is 0 Å². The van der Waals surface area contributed by atoms with E-state index in [1.807, 2.05) is 0 Å². The SMILES string of the molecule is Cl[SiH][SiH2][SiH2][SiH2]Cl.[GeH3]. The Labute approximate surface area is 73.2 Å². The second-order valence-corrected chi connectivity index (χ2v) is 26.6. The predicted octanol–water partition coefficient (Wildman–Crippen LogP) is -3.20. The summed E-state index contributed by atoms with van der Waals surface area (Å²) >= 11 is 11.1. The molecular weight excluding hydrogens is 256 g/mol. The van der Waals surface area contributed by atoms with Gasteiger partial charge in [-0.25, -0.2) is 0 Å². The van der Waals surface area contributed by atoms with Gasteiger partial charge in [-0.15, -0.1) is 0 Å². The third kappa shape index (κ3) is 11.5. The molecule has 0 N–H and O–H groups in total. The first-order valence-corrected chi connectivity index (χ1v) is 17.0. The summed E-state index contributed by atoms with van der Waals surface area (Å²) in [4.78, 5) is 0. The minimum atomic E-state index is 0. The van der Waals surface area contributed by atoms with Crippen LogP contribution >= 0.6 is 22.2 Å². The van der Waals surface area contributed by atoms with Crippen molar-refractivity contribution in [3.05, 3.63) is 0 Å². The van der Waals surface area contributed by atoms with E-state index < -0.39 is 0 Å². The standard InChI is InChI=1S/Cl2H7Si4.GeH3/c1-3-5-6-4-2;/h3H,4-6H2;1H3. The van der Waals surface area contributed by atoms with E-state index in [0.29, 0.717) is 25.5 Å². The minimum absolute atomic E-state index is 0. The van der Waals surface area contributed by atoms with Gasteiger partial charge in [0.25, 0.3) is 0 Å². The van der Waals surface area contributed by atoms with E-state index in [4.69, 9.17) is 22.2 Å². The van der Waals surface area contributed by atoms with Crippen molar-refractivity contribution in [2.24, 2.45) is 0 Å². The molecule has 0 rings (SSSR count). The Morgan fingerprint density at radius 2 is 2.00 bits per heavy atom. The molecule has 2 radical (unpaired) electrons. The molecule has 0 bridgehead atoms. The Kier molecular flexibility index (Phi) is 18.3. The van der Waals surface area contributed by atoms with Crippen molar-refractivity contribution < 1.29 is 0 Å². The van der Waals surface area contributed by atoms with Gasteiger partial charge in [-0.3, -0.25) is 0 Å². The van der Waals surface area contributed by atoms with Crippen LogP contribution in [0.4, 0.5) is 0 Å². The topological polar surface area (TPSA) is 0 Å². The molecule has 0 saturated carbocycles. The Balaban J connectivity index is 0. The summed E-state index contributed by atoms with van der Waals surface area (Å²) in [7, 11) is 1.13. The van der Waals surface area contributed by atoms with E-state index in [9.17, 15) is 0 Å². The quantitative estimate of drug-likeness (QED) is 0.287. The monoisotopic (exact) mass is 266 g/mol. The average molecular weight is 266 g/mol. The third-order valence-electron chi connectivity index (χ3n) is 0.447. The van der Waals surface area contributed by atoms with Crippen LogP contribution in [0.15, 0.2) is 0 Å². The first kappa shape index (κ1) is 11.7. The molecular formula is H10Cl2GeSi4. The number of halogens is 2. The summed E-state index contributed by atoms with van der Waals surface area (Å²) in [6.45, 7) is 0. The molecule has 0 aromatic rings. The fourth-order valence-electron chi connectivity index (χ4n) is 0.154. The van der Waals surface area contributed by atoms with Crippen LogP contribution in [-0.4, -0.2) is 51.4 Å². The van der Waals surface area contributed by atoms with Gasteiger partial charge in [-0.1, -0.05) is 0 Å². The van der Waals surface area contributed by atoms with Gasteiger partial charge in [0.1, 0.15) is 16.7 Å². The van der Waals surface area contributed by atoms with E-state index in [1.165, 1.54) is 0 Å². The maximum absolute atomic E-state index is 5.57. The van der Waals surface area contributed by atoms with Crippen LogP contribution in [0.1, 0.15) is 0 Å². The fourth-order valence-corrected chi connectivity index (χ4v) is 37.5. The van der Waals surface area contributed by atoms with Crippen molar-refractivity contribution in [2.75, 3.05) is 0 Å². The number of hydrogen-bond acceptors (Lipinski definition) is 0. The zero-order valence-corrected chi connectivity index (χ0v) is 15.6. The second kappa shape index (κ2) is 10.9. The summed E-state index contributed by atoms with van der Waals surface area (Å²) < 4.78 is 0. The fraction of sp³-hybridized carbons (Fsp3) is 0. The zero-order valence-electron chi connectivity index (χ0n) is 4.45. The first-order valence-electron chi connectivity index (χ1n) is 1.89. The molecule has 7 heavy (non-hydrogen) atoms. The second-order valence-electron chi connectivity index (χ2n) is 0.986. The molecule has 0 spiro atoms. The molecule has 0 aromatic heterocycles. The van der Waals surface area contributed by atoms with E-state index in [-0.39, 0.29) is 25.9 Å². The zero-order chi connectivity index (χ0) is 4.83. The van der Waals surface area contributed by atoms with Crippen molar-refractivity contribution in [3.8, 4) is 0 Å². The molecule has 0 nitrogen and oxygen atoms in total. The molecule has 0 atom stereocenters. The Morgan fingerprint density at radius 1 is 1.43 bits per heavy atom. The number of hydrogen-bond donors (Lipinski definition) is 0. The van der Waals surface area contributed by atoms with Crippen molar-refractivity contribution >= 4 is 73.6 Å². The molecule has 7 heteroatoms. The van der Waals surface area contributed by atoms with Crippen LogP contribution in [0.2, 0.25) is 0 Å². The van der Waals surface area contributed by atoms with Gasteiger partial charge in [0.15, 0.2) is 0 Å². The first-order chi connectivity index (χ1) is 2.91. The molecule has 0 unspecified atom stereocenters. The van der Waals surface area contributed by atoms with Gasteiger partial charge >= 0.3 is 17.6 Å². The Morgan fingerprint density at radius 3 is 2.14 bits per heavy atom. The van der Waals surface area contributed by atoms with Crippen LogP contribution in [-0.2, 0) is 0 Å². The summed E-state index contributed by atoms with van der Waals surface area (Å²) in [5, 5.41) is 0. The maximum atomic E-state index is 5.57. The predicted molar refractivity (Wildman–Crippen MR) is 54.4 cm³/mol. The van der Waals surface area contributed by atoms with Crippen molar-refractivity contribution in [1.82, 2.24) is 0 Å². The van der Waals surface area contributed by atoms with Crippen molar-refractivity contribution in [1.29, 1.82) is 0 Å². The summed E-state index contributed by atoms with van der Waals surface area (Å²) in [5.41, 5.74) is 0. The van der Waals surface area contributed by atoms with Crippen LogP contribution in [0.25, 0.3) is 0 Å². The molecule has 0 aliphatic rings. The van der Waals surface area contributed by atoms with Crippen LogP contribution in [0, 0.1) is 0 Å². The molecule has 0 amide bonds. The van der Waals surface area contributed by atoms with E-state index in [2.05, 4.69) is 0 Å². The van der Waals surface area contributed by atoms with Crippen LogP contribution in [0.3, 0.4) is 0 Å². The summed E-state index contributed by atoms with van der Waals surface area (Å²) in [5.74, 6) is 0. The normalized spacial score (nSPS) is 12.9. The van der Waals surface area contributed by atoms with Crippen LogP contribution in [0.5, 0.6) is 0 Å². The molecule has 0 aliphatic carbocycles. The van der Waals surface area contributed by atoms with Gasteiger partial charge in [0.2, 0.25) is 0 Å². The molecule has 0 aliphatic heterocycles. The van der Waals surface area contributed by atoms with Gasteiger partial charge in [-0.05, 0) is 0 Å². The van der Waals surface area contributed by atoms with E-state index in [0.717, 1.165) is 0 Å². The van der Waals surface area contributed by atoms with Crippen LogP contribution < -0.4 is 0 Å². The summed E-state index contributed by atoms with van der Waals surface area (Å²) in [6.07, 6.45) is 0. The van der Waals surface area contributed by atoms with Crippen molar-refractivity contribution in [3.63, 3.8) is 0 Å². The Bertz CT molecular complexity index is 21.7. The van der Waals surface area contributed by atoms with Crippen molar-refractivity contribution in [2.45, 2.75) is 0 Å². The molecule has 0 heterocycles. The van der Waals surface area contributed by atoms with Gasteiger partial charge in [0, 0.05) is 17.1 Å². The van der Waals surface area contributed by atoms with E-state index in [1.54, 1.807) is 0 Å². The average Bonchev–Trinajstić information content (AvgIpc) is 1.61. The van der Waals surface area contributed by atoms with E-state index >= 15 is 0 Å². The summed E-state index contributed by atoms with van der Waals surface area (Å²) in [6, 6.07) is 0. The molecule has 0 saturated heterocycles. The van der Waals surface area contributed by atoms with Gasteiger partial charge in [0.05, 0.1) is 0 Å². The Hall–Kier alpha value is 1.99. The molecule has 0 aromatic carbocycles. The molecule has 0 fully saturated rings.